The van der Waals surface area contributed by atoms with Gasteiger partial charge >= 0.3 is 103 Å². The predicted octanol–water partition coefficient (Wildman–Crippen LogP) is -3.40. The van der Waals surface area contributed by atoms with Gasteiger partial charge in [0.25, 0.3) is 0 Å². The molecule has 0 aromatic heterocycles. The van der Waals surface area contributed by atoms with Crippen molar-refractivity contribution in [2.75, 3.05) is 5.50 Å². The van der Waals surface area contributed by atoms with E-state index in [0.717, 1.165) is 5.50 Å². The first-order valence-corrected chi connectivity index (χ1v) is 11.1. The third-order valence-corrected chi connectivity index (χ3v) is 14.7. The standard InChI is InChI=1S/C11H11ClSi.2ClH.Hf/c12-9-13(10-5-1-2-6-10)11-7-3-4-8-11;;;/h1,3,5,7,13H,2,4,9H2;2*1H;/q;;;+2/p-2. The van der Waals surface area contributed by atoms with Crippen LogP contribution in [0.15, 0.2) is 41.4 Å². The smallest absolute Gasteiger partial charge is 1.00 e. The van der Waals surface area contributed by atoms with Crippen LogP contribution in [-0.4, -0.2) is 14.3 Å². The Labute approximate surface area is 127 Å². The summed E-state index contributed by atoms with van der Waals surface area (Å²) in [5.74, 6) is 0. The molecule has 0 unspecified atom stereocenters. The Hall–Kier alpha value is 0.917. The molecule has 0 aromatic rings. The molecule has 1 aliphatic heterocycles. The van der Waals surface area contributed by atoms with E-state index in [2.05, 4.69) is 24.3 Å². The van der Waals surface area contributed by atoms with E-state index in [9.17, 15) is 0 Å². The zero-order valence-corrected chi connectivity index (χ0v) is 15.7. The van der Waals surface area contributed by atoms with Crippen molar-refractivity contribution in [3.63, 3.8) is 0 Å². The van der Waals surface area contributed by atoms with Crippen LogP contribution in [0.1, 0.15) is 12.8 Å². The molecular weight excluding hydrogens is 445 g/mol. The molecule has 1 heterocycles. The Morgan fingerprint density at radius 3 is 2.00 bits per heavy atom. The topological polar surface area (TPSA) is 0 Å². The second-order valence-corrected chi connectivity index (χ2v) is 12.7. The number of allylic oxidation sites excluding steroid dienone is 8. The van der Waals surface area contributed by atoms with Crippen LogP contribution in [0.4, 0.5) is 0 Å². The summed E-state index contributed by atoms with van der Waals surface area (Å²) in [6.07, 6.45) is 12.0. The van der Waals surface area contributed by atoms with E-state index in [0.29, 0.717) is 0 Å². The Morgan fingerprint density at radius 1 is 1.06 bits per heavy atom. The number of rotatable bonds is 1. The maximum Gasteiger partial charge on any atom is -1.00 e. The van der Waals surface area contributed by atoms with Gasteiger partial charge in [0.1, 0.15) is 0 Å². The molecule has 5 heteroatoms. The summed E-state index contributed by atoms with van der Waals surface area (Å²) in [6.45, 7) is 0. The SMILES string of the molecule is ClC[SiH]1C2=[C](CC=C2)[Hf+2][C]2=C1C=CC2.[Cl-].[Cl-]. The van der Waals surface area contributed by atoms with Crippen LogP contribution >= 0.6 is 11.6 Å². The van der Waals surface area contributed by atoms with E-state index < -0.39 is 31.7 Å². The third kappa shape index (κ3) is 2.37. The quantitative estimate of drug-likeness (QED) is 0.286. The largest absolute Gasteiger partial charge is 1.00 e. The van der Waals surface area contributed by atoms with Gasteiger partial charge in [0, 0.05) is 0 Å². The van der Waals surface area contributed by atoms with Crippen LogP contribution in [0.2, 0.25) is 0 Å². The van der Waals surface area contributed by atoms with Gasteiger partial charge < -0.3 is 24.8 Å². The minimum atomic E-state index is -0.926. The molecule has 16 heavy (non-hydrogen) atoms. The van der Waals surface area contributed by atoms with Gasteiger partial charge in [0.05, 0.1) is 0 Å². The summed E-state index contributed by atoms with van der Waals surface area (Å²) in [4.78, 5) is 0. The van der Waals surface area contributed by atoms with Crippen LogP contribution in [0, 0.1) is 0 Å². The first-order valence-electron chi connectivity index (χ1n) is 5.02. The van der Waals surface area contributed by atoms with Crippen LogP contribution in [0.5, 0.6) is 0 Å². The fourth-order valence-corrected chi connectivity index (χ4v) is 15.4. The summed E-state index contributed by atoms with van der Waals surface area (Å²) in [5, 5.41) is 3.46. The molecule has 3 aliphatic rings. The summed E-state index contributed by atoms with van der Waals surface area (Å²) in [6, 6.07) is 0. The molecule has 0 saturated heterocycles. The van der Waals surface area contributed by atoms with Crippen LogP contribution < -0.4 is 24.8 Å². The third-order valence-electron chi connectivity index (χ3n) is 3.14. The summed E-state index contributed by atoms with van der Waals surface area (Å²) in [5.41, 5.74) is 0.899. The van der Waals surface area contributed by atoms with Crippen LogP contribution in [-0.2, 0) is 22.9 Å². The molecule has 0 nitrogen and oxygen atoms in total. The predicted molar refractivity (Wildman–Crippen MR) is 59.4 cm³/mol. The summed E-state index contributed by atoms with van der Waals surface area (Å²) in [7, 11) is -0.926. The maximum atomic E-state index is 6.16. The molecule has 0 amide bonds. The zero-order chi connectivity index (χ0) is 9.54. The Bertz CT molecular complexity index is 373. The normalized spacial score (nSPS) is 20.8. The zero-order valence-electron chi connectivity index (χ0n) is 8.64. The van der Waals surface area contributed by atoms with Crippen molar-refractivity contribution in [1.29, 1.82) is 0 Å². The molecule has 0 N–H and O–H groups in total. The second-order valence-electron chi connectivity index (χ2n) is 3.91. The molecule has 0 radical (unpaired) electrons. The van der Waals surface area contributed by atoms with Gasteiger partial charge in [0.15, 0.2) is 0 Å². The maximum absolute atomic E-state index is 6.16. The van der Waals surface area contributed by atoms with Gasteiger partial charge in [-0.25, -0.2) is 0 Å². The minimum absolute atomic E-state index is 0. The molecule has 2 aliphatic carbocycles. The van der Waals surface area contributed by atoms with E-state index in [4.69, 9.17) is 11.6 Å². The van der Waals surface area contributed by atoms with E-state index in [-0.39, 0.29) is 24.8 Å². The number of alkyl halides is 1. The van der Waals surface area contributed by atoms with Crippen molar-refractivity contribution in [3.8, 4) is 0 Å². The first kappa shape index (κ1) is 15.0. The molecule has 0 atom stereocenters. The van der Waals surface area contributed by atoms with Crippen LogP contribution in [0.25, 0.3) is 0 Å². The molecule has 0 aromatic carbocycles. The van der Waals surface area contributed by atoms with Gasteiger partial charge in [-0.3, -0.25) is 0 Å². The average molecular weight is 456 g/mol. The summed E-state index contributed by atoms with van der Waals surface area (Å²) >= 11 is 5.58. The molecule has 0 fully saturated rings. The number of halogens is 3. The van der Waals surface area contributed by atoms with Gasteiger partial charge in [-0.15, -0.1) is 0 Å². The van der Waals surface area contributed by atoms with Crippen molar-refractivity contribution in [2.24, 2.45) is 0 Å². The molecule has 0 spiro atoms. The number of hydrogen-bond donors (Lipinski definition) is 0. The van der Waals surface area contributed by atoms with E-state index >= 15 is 0 Å². The van der Waals surface area contributed by atoms with Crippen molar-refractivity contribution in [1.82, 2.24) is 0 Å². The second kappa shape index (κ2) is 6.19. The van der Waals surface area contributed by atoms with E-state index in [1.807, 2.05) is 6.66 Å². The summed E-state index contributed by atoms with van der Waals surface area (Å²) < 4.78 is 3.73. The van der Waals surface area contributed by atoms with Crippen molar-refractivity contribution in [3.05, 3.63) is 41.4 Å². The Kier molecular flexibility index (Phi) is 5.80. The minimum Gasteiger partial charge on any atom is -1.00 e. The first-order chi connectivity index (χ1) is 6.90. The fourth-order valence-electron chi connectivity index (χ4n) is 2.46. The monoisotopic (exact) mass is 456 g/mol. The average Bonchev–Trinajstić information content (AvgIpc) is 2.80. The molecule has 3 rings (SSSR count). The van der Waals surface area contributed by atoms with E-state index in [1.54, 1.807) is 10.4 Å². The van der Waals surface area contributed by atoms with Crippen molar-refractivity contribution >= 4 is 20.4 Å². The van der Waals surface area contributed by atoms with Gasteiger partial charge in [-0.2, -0.15) is 0 Å². The molecule has 84 valence electrons. The van der Waals surface area contributed by atoms with Gasteiger partial charge in [0.2, 0.25) is 0 Å². The van der Waals surface area contributed by atoms with Gasteiger partial charge in [-0.1, -0.05) is 0 Å². The van der Waals surface area contributed by atoms with Crippen molar-refractivity contribution < 1.29 is 47.7 Å². The fraction of sp³-hybridized carbons (Fsp3) is 0.273. The van der Waals surface area contributed by atoms with Crippen LogP contribution in [0.3, 0.4) is 0 Å². The molecular formula is C11H11Cl3HfSi. The number of hydrogen-bond acceptors (Lipinski definition) is 0. The van der Waals surface area contributed by atoms with Crippen molar-refractivity contribution in [2.45, 2.75) is 12.8 Å². The molecule has 0 saturated carbocycles. The Morgan fingerprint density at radius 2 is 1.56 bits per heavy atom. The Balaban J connectivity index is 0.000000640. The van der Waals surface area contributed by atoms with Gasteiger partial charge in [-0.05, 0) is 0 Å². The molecule has 0 bridgehead atoms. The van der Waals surface area contributed by atoms with E-state index in [1.165, 1.54) is 12.8 Å².